The van der Waals surface area contributed by atoms with Gasteiger partial charge in [0.05, 0.1) is 0 Å². The Balaban J connectivity index is 1.96. The number of aromatic nitrogens is 5. The Morgan fingerprint density at radius 2 is 1.83 bits per heavy atom. The van der Waals surface area contributed by atoms with E-state index in [9.17, 15) is 14.4 Å². The average molecular weight is 408 g/mol. The van der Waals surface area contributed by atoms with Gasteiger partial charge in [0.15, 0.2) is 11.2 Å². The number of hydrogen-bond acceptors (Lipinski definition) is 4. The van der Waals surface area contributed by atoms with Crippen LogP contribution in [0, 0.1) is 6.92 Å². The molecular weight excluding hydrogens is 384 g/mol. The number of carbonyl (C=O) groups excluding carboxylic acids is 1. The first kappa shape index (κ1) is 19.7. The highest BCUT2D eigenvalue weighted by Gasteiger charge is 2.20. The molecule has 3 heterocycles. The van der Waals surface area contributed by atoms with Crippen LogP contribution >= 0.6 is 0 Å². The third kappa shape index (κ3) is 2.94. The van der Waals surface area contributed by atoms with Gasteiger partial charge in [-0.25, -0.2) is 4.79 Å². The minimum atomic E-state index is -0.499. The molecule has 0 radical (unpaired) electrons. The van der Waals surface area contributed by atoms with E-state index in [0.717, 1.165) is 30.6 Å². The molecule has 1 aromatic carbocycles. The number of imidazole rings is 2. The van der Waals surface area contributed by atoms with Crippen LogP contribution in [0.3, 0.4) is 0 Å². The molecule has 0 bridgehead atoms. The Labute approximate surface area is 172 Å². The Morgan fingerprint density at radius 1 is 1.13 bits per heavy atom. The number of nitrogens with zero attached hydrogens (tertiary/aromatic N) is 5. The SMILES string of the molecule is CCCCCn1c(=O)c2c(nc3n(-c4ccc(C(N)=O)cc4)c(C)cn23)n(C)c1=O. The molecule has 0 saturated carbocycles. The van der Waals surface area contributed by atoms with E-state index in [2.05, 4.69) is 11.9 Å². The summed E-state index contributed by atoms with van der Waals surface area (Å²) in [6, 6.07) is 6.84. The van der Waals surface area contributed by atoms with Crippen molar-refractivity contribution in [3.8, 4) is 5.69 Å². The van der Waals surface area contributed by atoms with Crippen molar-refractivity contribution in [1.82, 2.24) is 23.1 Å². The molecular formula is C21H24N6O3. The summed E-state index contributed by atoms with van der Waals surface area (Å²) in [5.74, 6) is 0.0221. The van der Waals surface area contributed by atoms with Crippen molar-refractivity contribution in [2.75, 3.05) is 0 Å². The molecule has 0 aliphatic carbocycles. The van der Waals surface area contributed by atoms with E-state index in [4.69, 9.17) is 5.73 Å². The molecule has 30 heavy (non-hydrogen) atoms. The number of unbranched alkanes of at least 4 members (excludes halogenated alkanes) is 2. The molecule has 1 amide bonds. The van der Waals surface area contributed by atoms with E-state index < -0.39 is 5.91 Å². The third-order valence-electron chi connectivity index (χ3n) is 5.42. The molecule has 0 aliphatic rings. The van der Waals surface area contributed by atoms with Crippen LogP contribution < -0.4 is 17.0 Å². The van der Waals surface area contributed by atoms with Crippen molar-refractivity contribution in [3.63, 3.8) is 0 Å². The van der Waals surface area contributed by atoms with Crippen LogP contribution in [0.15, 0.2) is 40.1 Å². The van der Waals surface area contributed by atoms with Gasteiger partial charge >= 0.3 is 5.69 Å². The number of fused-ring (bicyclic) bond motifs is 3. The van der Waals surface area contributed by atoms with Gasteiger partial charge in [-0.3, -0.25) is 27.7 Å². The topological polar surface area (TPSA) is 109 Å². The average Bonchev–Trinajstić information content (AvgIpc) is 3.23. The number of aryl methyl sites for hydroxylation is 2. The smallest absolute Gasteiger partial charge is 0.332 e. The maximum Gasteiger partial charge on any atom is 0.332 e. The van der Waals surface area contributed by atoms with Crippen LogP contribution in [0.1, 0.15) is 42.2 Å². The van der Waals surface area contributed by atoms with Crippen molar-refractivity contribution >= 4 is 22.8 Å². The lowest BCUT2D eigenvalue weighted by Crippen LogP contribution is -2.39. The molecule has 0 aliphatic heterocycles. The first-order valence-corrected chi connectivity index (χ1v) is 9.95. The second kappa shape index (κ2) is 7.33. The fraction of sp³-hybridized carbons (Fsp3) is 0.333. The summed E-state index contributed by atoms with van der Waals surface area (Å²) < 4.78 is 6.31. The van der Waals surface area contributed by atoms with Gasteiger partial charge in [-0.2, -0.15) is 4.98 Å². The van der Waals surface area contributed by atoms with Gasteiger partial charge in [-0.1, -0.05) is 19.8 Å². The lowest BCUT2D eigenvalue weighted by Gasteiger charge is -2.07. The number of rotatable bonds is 6. The summed E-state index contributed by atoms with van der Waals surface area (Å²) >= 11 is 0. The normalized spacial score (nSPS) is 11.6. The second-order valence-electron chi connectivity index (χ2n) is 7.48. The summed E-state index contributed by atoms with van der Waals surface area (Å²) in [4.78, 5) is 41.9. The predicted molar refractivity (Wildman–Crippen MR) is 114 cm³/mol. The summed E-state index contributed by atoms with van der Waals surface area (Å²) in [5.41, 5.74) is 7.39. The van der Waals surface area contributed by atoms with E-state index in [1.54, 1.807) is 35.7 Å². The van der Waals surface area contributed by atoms with Crippen molar-refractivity contribution in [2.24, 2.45) is 12.8 Å². The highest BCUT2D eigenvalue weighted by molar-refractivity contribution is 5.93. The lowest BCUT2D eigenvalue weighted by molar-refractivity contribution is 0.100. The Kier molecular flexibility index (Phi) is 4.81. The highest BCUT2D eigenvalue weighted by Crippen LogP contribution is 2.21. The highest BCUT2D eigenvalue weighted by atomic mass is 16.2. The number of amides is 1. The van der Waals surface area contributed by atoms with E-state index in [-0.39, 0.29) is 11.2 Å². The zero-order chi connectivity index (χ0) is 21.6. The summed E-state index contributed by atoms with van der Waals surface area (Å²) in [5, 5.41) is 0. The van der Waals surface area contributed by atoms with Gasteiger partial charge in [-0.15, -0.1) is 0 Å². The molecule has 0 saturated heterocycles. The van der Waals surface area contributed by atoms with Crippen molar-refractivity contribution in [2.45, 2.75) is 39.7 Å². The third-order valence-corrected chi connectivity index (χ3v) is 5.42. The molecule has 156 valence electrons. The quantitative estimate of drug-likeness (QED) is 0.490. The van der Waals surface area contributed by atoms with E-state index >= 15 is 0 Å². The van der Waals surface area contributed by atoms with Crippen LogP contribution in [-0.2, 0) is 13.6 Å². The number of primary amides is 1. The molecule has 0 atom stereocenters. The standard InChI is InChI=1S/C21H24N6O3/c1-4-5-6-11-25-19(29)16-18(24(3)21(25)30)23-20-26(16)12-13(2)27(20)15-9-7-14(8-10-15)17(22)28/h7-10,12H,4-6,11H2,1-3H3,(H2,22,28). The molecule has 9 heteroatoms. The van der Waals surface area contributed by atoms with Crippen LogP contribution in [0.4, 0.5) is 0 Å². The molecule has 0 unspecified atom stereocenters. The van der Waals surface area contributed by atoms with E-state index in [1.807, 2.05) is 17.7 Å². The molecule has 9 nitrogen and oxygen atoms in total. The Bertz CT molecular complexity index is 1390. The van der Waals surface area contributed by atoms with Gasteiger partial charge in [0.2, 0.25) is 11.7 Å². The molecule has 4 rings (SSSR count). The summed E-state index contributed by atoms with van der Waals surface area (Å²) in [6.07, 6.45) is 4.55. The van der Waals surface area contributed by atoms with Gasteiger partial charge in [0.25, 0.3) is 5.56 Å². The largest absolute Gasteiger partial charge is 0.366 e. The lowest BCUT2D eigenvalue weighted by atomic mass is 10.2. The first-order valence-electron chi connectivity index (χ1n) is 9.95. The van der Waals surface area contributed by atoms with Crippen LogP contribution in [0.2, 0.25) is 0 Å². The molecule has 0 spiro atoms. The number of benzene rings is 1. The second-order valence-corrected chi connectivity index (χ2v) is 7.48. The first-order chi connectivity index (χ1) is 14.3. The van der Waals surface area contributed by atoms with Crippen LogP contribution in [0.5, 0.6) is 0 Å². The van der Waals surface area contributed by atoms with Crippen LogP contribution in [-0.4, -0.2) is 29.0 Å². The zero-order valence-electron chi connectivity index (χ0n) is 17.3. The van der Waals surface area contributed by atoms with Crippen molar-refractivity contribution in [3.05, 3.63) is 62.6 Å². The molecule has 2 N–H and O–H groups in total. The van der Waals surface area contributed by atoms with Gasteiger partial charge in [0, 0.05) is 36.7 Å². The molecule has 3 aromatic heterocycles. The van der Waals surface area contributed by atoms with E-state index in [0.29, 0.717) is 29.0 Å². The number of hydrogen-bond donors (Lipinski definition) is 1. The summed E-state index contributed by atoms with van der Waals surface area (Å²) in [7, 11) is 1.63. The maximum absolute atomic E-state index is 13.2. The summed E-state index contributed by atoms with van der Waals surface area (Å²) in [6.45, 7) is 4.37. The van der Waals surface area contributed by atoms with Crippen molar-refractivity contribution in [1.29, 1.82) is 0 Å². The van der Waals surface area contributed by atoms with Gasteiger partial charge in [-0.05, 0) is 37.6 Å². The number of nitrogens with two attached hydrogens (primary N) is 1. The van der Waals surface area contributed by atoms with Gasteiger partial charge < -0.3 is 5.73 Å². The fourth-order valence-electron chi connectivity index (χ4n) is 3.82. The van der Waals surface area contributed by atoms with Crippen LogP contribution in [0.25, 0.3) is 22.6 Å². The van der Waals surface area contributed by atoms with E-state index in [1.165, 1.54) is 9.13 Å². The Hall–Kier alpha value is -3.62. The minimum absolute atomic E-state index is 0.335. The van der Waals surface area contributed by atoms with Crippen molar-refractivity contribution < 1.29 is 4.79 Å². The molecule has 4 aromatic rings. The van der Waals surface area contributed by atoms with Gasteiger partial charge in [0.1, 0.15) is 0 Å². The minimum Gasteiger partial charge on any atom is -0.366 e. The maximum atomic E-state index is 13.2. The monoisotopic (exact) mass is 408 g/mol. The zero-order valence-corrected chi connectivity index (χ0v) is 17.3. The predicted octanol–water partition coefficient (Wildman–Crippen LogP) is 1.74. The number of carbonyl (C=O) groups is 1. The Morgan fingerprint density at radius 3 is 2.47 bits per heavy atom. The molecule has 0 fully saturated rings. The fourth-order valence-corrected chi connectivity index (χ4v) is 3.82.